The number of rotatable bonds is 3. The third-order valence-electron chi connectivity index (χ3n) is 3.77. The largest absolute Gasteiger partial charge is 0.389 e. The van der Waals surface area contributed by atoms with Gasteiger partial charge in [-0.3, -0.25) is 14.6 Å². The number of nitrogens with zero attached hydrogens (tertiary/aromatic N) is 3. The van der Waals surface area contributed by atoms with Crippen molar-refractivity contribution in [2.24, 2.45) is 0 Å². The zero-order valence-electron chi connectivity index (χ0n) is 12.6. The van der Waals surface area contributed by atoms with Gasteiger partial charge in [-0.1, -0.05) is 11.6 Å². The van der Waals surface area contributed by atoms with Crippen molar-refractivity contribution in [2.45, 2.75) is 18.6 Å². The minimum Gasteiger partial charge on any atom is -0.389 e. The van der Waals surface area contributed by atoms with E-state index in [1.54, 1.807) is 17.0 Å². The van der Waals surface area contributed by atoms with E-state index < -0.39 is 18.1 Å². The quantitative estimate of drug-likeness (QED) is 0.851. The number of aliphatic hydroxyl groups excluding tert-OH is 1. The van der Waals surface area contributed by atoms with Crippen LogP contribution in [-0.4, -0.2) is 57.0 Å². The van der Waals surface area contributed by atoms with E-state index in [0.717, 1.165) is 0 Å². The minimum atomic E-state index is -0.848. The first-order chi connectivity index (χ1) is 11.5. The molecule has 3 heterocycles. The maximum Gasteiger partial charge on any atom is 0.271 e. The Balaban J connectivity index is 1.59. The number of carbonyl (C=O) groups excluding carboxylic acids is 2. The maximum atomic E-state index is 12.4. The first-order valence-corrected chi connectivity index (χ1v) is 8.53. The predicted octanol–water partition coefficient (Wildman–Crippen LogP) is 1.20. The Hall–Kier alpha value is -2.03. The Morgan fingerprint density at radius 1 is 1.38 bits per heavy atom. The molecule has 2 aromatic rings. The molecular weight excluding hydrogens is 352 g/mol. The molecule has 0 unspecified atom stereocenters. The number of β-amino-alcohol motifs (C(OH)–C–C–N with tert-alkyl or cyclic N) is 1. The smallest absolute Gasteiger partial charge is 0.271 e. The van der Waals surface area contributed by atoms with Gasteiger partial charge in [0.25, 0.3) is 11.8 Å². The lowest BCUT2D eigenvalue weighted by Gasteiger charge is -2.36. The van der Waals surface area contributed by atoms with Crippen LogP contribution in [0.5, 0.6) is 0 Å². The van der Waals surface area contributed by atoms with E-state index in [4.69, 9.17) is 11.6 Å². The van der Waals surface area contributed by atoms with Crippen molar-refractivity contribution in [3.63, 3.8) is 0 Å². The Morgan fingerprint density at radius 2 is 2.21 bits per heavy atom. The Labute approximate surface area is 147 Å². The molecule has 2 N–H and O–H groups in total. The van der Waals surface area contributed by atoms with Crippen LogP contribution in [-0.2, 0) is 0 Å². The van der Waals surface area contributed by atoms with E-state index >= 15 is 0 Å². The highest BCUT2D eigenvalue weighted by atomic mass is 35.5. The van der Waals surface area contributed by atoms with Crippen LogP contribution in [0.3, 0.4) is 0 Å². The molecule has 24 heavy (non-hydrogen) atoms. The normalized spacial score (nSPS) is 20.7. The molecule has 2 aromatic heterocycles. The minimum absolute atomic E-state index is 0.153. The van der Waals surface area contributed by atoms with Crippen molar-refractivity contribution in [1.82, 2.24) is 20.2 Å². The molecule has 0 saturated carbocycles. The number of hydrogen-bond acceptors (Lipinski definition) is 6. The molecule has 3 rings (SSSR count). The first-order valence-electron chi connectivity index (χ1n) is 7.34. The molecule has 126 valence electrons. The van der Waals surface area contributed by atoms with E-state index in [9.17, 15) is 14.7 Å². The van der Waals surface area contributed by atoms with Crippen molar-refractivity contribution >= 4 is 34.8 Å². The van der Waals surface area contributed by atoms with Gasteiger partial charge in [0.15, 0.2) is 0 Å². The van der Waals surface area contributed by atoms with E-state index in [1.165, 1.54) is 29.9 Å². The zero-order chi connectivity index (χ0) is 17.1. The maximum absolute atomic E-state index is 12.4. The van der Waals surface area contributed by atoms with Gasteiger partial charge in [-0.2, -0.15) is 0 Å². The monoisotopic (exact) mass is 366 g/mol. The number of piperidine rings is 1. The van der Waals surface area contributed by atoms with Crippen molar-refractivity contribution in [1.29, 1.82) is 0 Å². The molecule has 0 bridgehead atoms. The second-order valence-electron chi connectivity index (χ2n) is 5.38. The van der Waals surface area contributed by atoms with Gasteiger partial charge >= 0.3 is 0 Å². The molecule has 1 aliphatic heterocycles. The molecule has 2 atom stereocenters. The topological polar surface area (TPSA) is 95.4 Å². The van der Waals surface area contributed by atoms with Crippen LogP contribution in [0.25, 0.3) is 0 Å². The van der Waals surface area contributed by atoms with Gasteiger partial charge in [0.2, 0.25) is 0 Å². The molecule has 1 saturated heterocycles. The average molecular weight is 367 g/mol. The SMILES string of the molecule is O=C(N[C@@H]1CCN(C(=O)c2ccc(Cl)s2)C[C@H]1O)c1cnccn1. The van der Waals surface area contributed by atoms with E-state index in [0.29, 0.717) is 22.2 Å². The third kappa shape index (κ3) is 3.72. The summed E-state index contributed by atoms with van der Waals surface area (Å²) in [5.41, 5.74) is 0.191. The number of amides is 2. The lowest BCUT2D eigenvalue weighted by molar-refractivity contribution is 0.0317. The molecule has 1 aliphatic rings. The Bertz CT molecular complexity index is 739. The van der Waals surface area contributed by atoms with Gasteiger partial charge in [0.05, 0.1) is 27.6 Å². The zero-order valence-corrected chi connectivity index (χ0v) is 14.1. The molecule has 1 fully saturated rings. The average Bonchev–Trinajstić information content (AvgIpc) is 3.03. The van der Waals surface area contributed by atoms with Gasteiger partial charge in [-0.15, -0.1) is 11.3 Å². The molecule has 0 radical (unpaired) electrons. The highest BCUT2D eigenvalue weighted by Gasteiger charge is 2.32. The van der Waals surface area contributed by atoms with Crippen LogP contribution >= 0.6 is 22.9 Å². The molecule has 7 nitrogen and oxygen atoms in total. The number of likely N-dealkylation sites (tertiary alicyclic amines) is 1. The lowest BCUT2D eigenvalue weighted by atomic mass is 10.0. The fraction of sp³-hybridized carbons (Fsp3) is 0.333. The molecular formula is C15H15ClN4O3S. The van der Waals surface area contributed by atoms with Crippen LogP contribution in [0, 0.1) is 0 Å². The van der Waals surface area contributed by atoms with Gasteiger partial charge in [-0.25, -0.2) is 4.98 Å². The van der Waals surface area contributed by atoms with E-state index in [-0.39, 0.29) is 18.1 Å². The van der Waals surface area contributed by atoms with Gasteiger partial charge in [-0.05, 0) is 18.6 Å². The number of aromatic nitrogens is 2. The van der Waals surface area contributed by atoms with Crippen molar-refractivity contribution in [3.8, 4) is 0 Å². The fourth-order valence-corrected chi connectivity index (χ4v) is 3.54. The van der Waals surface area contributed by atoms with Crippen LogP contribution in [0.4, 0.5) is 0 Å². The van der Waals surface area contributed by atoms with Crippen molar-refractivity contribution < 1.29 is 14.7 Å². The number of nitrogens with one attached hydrogen (secondary N) is 1. The fourth-order valence-electron chi connectivity index (χ4n) is 2.53. The number of thiophene rings is 1. The van der Waals surface area contributed by atoms with Crippen LogP contribution < -0.4 is 5.32 Å². The summed E-state index contributed by atoms with van der Waals surface area (Å²) in [7, 11) is 0. The molecule has 2 amide bonds. The second-order valence-corrected chi connectivity index (χ2v) is 7.10. The van der Waals surface area contributed by atoms with Gasteiger partial charge < -0.3 is 15.3 Å². The van der Waals surface area contributed by atoms with Crippen molar-refractivity contribution in [3.05, 3.63) is 45.6 Å². The number of hydrogen-bond donors (Lipinski definition) is 2. The highest BCUT2D eigenvalue weighted by molar-refractivity contribution is 7.17. The predicted molar refractivity (Wildman–Crippen MR) is 89.1 cm³/mol. The second kappa shape index (κ2) is 7.25. The van der Waals surface area contributed by atoms with E-state index in [1.807, 2.05) is 0 Å². The molecule has 0 aromatic carbocycles. The highest BCUT2D eigenvalue weighted by Crippen LogP contribution is 2.24. The third-order valence-corrected chi connectivity index (χ3v) is 4.98. The lowest BCUT2D eigenvalue weighted by Crippen LogP contribution is -2.55. The summed E-state index contributed by atoms with van der Waals surface area (Å²) in [5.74, 6) is -0.554. The standard InChI is InChI=1S/C15H15ClN4O3S/c16-13-2-1-12(24-13)15(23)20-6-3-9(11(21)8-20)19-14(22)10-7-17-4-5-18-10/h1-2,4-5,7,9,11,21H,3,6,8H2,(H,19,22)/t9-,11-/m1/s1. The Kier molecular flexibility index (Phi) is 5.08. The number of aliphatic hydroxyl groups is 1. The number of carbonyl (C=O) groups is 2. The summed E-state index contributed by atoms with van der Waals surface area (Å²) in [6.45, 7) is 0.594. The van der Waals surface area contributed by atoms with E-state index in [2.05, 4.69) is 15.3 Å². The van der Waals surface area contributed by atoms with Crippen LogP contribution in [0.2, 0.25) is 4.34 Å². The summed E-state index contributed by atoms with van der Waals surface area (Å²) in [5, 5.41) is 13.0. The summed E-state index contributed by atoms with van der Waals surface area (Å²) in [6, 6.07) is 2.91. The van der Waals surface area contributed by atoms with Gasteiger partial charge in [0.1, 0.15) is 5.69 Å². The summed E-state index contributed by atoms with van der Waals surface area (Å²) in [4.78, 5) is 34.3. The summed E-state index contributed by atoms with van der Waals surface area (Å²) < 4.78 is 0.546. The van der Waals surface area contributed by atoms with Crippen molar-refractivity contribution in [2.75, 3.05) is 13.1 Å². The number of halogens is 1. The Morgan fingerprint density at radius 3 is 2.83 bits per heavy atom. The molecule has 9 heteroatoms. The first kappa shape index (κ1) is 16.8. The summed E-state index contributed by atoms with van der Waals surface area (Å²) in [6.07, 6.45) is 3.88. The van der Waals surface area contributed by atoms with Crippen LogP contribution in [0.1, 0.15) is 26.6 Å². The molecule has 0 aliphatic carbocycles. The molecule has 0 spiro atoms. The van der Waals surface area contributed by atoms with Gasteiger partial charge in [0, 0.05) is 25.5 Å². The summed E-state index contributed by atoms with van der Waals surface area (Å²) >= 11 is 7.06. The van der Waals surface area contributed by atoms with Crippen LogP contribution in [0.15, 0.2) is 30.7 Å².